The molecular formula is C26H23FN4O2. The lowest BCUT2D eigenvalue weighted by molar-refractivity contribution is 0.0785. The predicted octanol–water partition coefficient (Wildman–Crippen LogP) is 4.42. The van der Waals surface area contributed by atoms with Crippen LogP contribution in [0.3, 0.4) is 0 Å². The molecule has 1 heterocycles. The van der Waals surface area contributed by atoms with E-state index in [-0.39, 0.29) is 17.4 Å². The number of aromatic nitrogens is 2. The first-order valence-corrected chi connectivity index (χ1v) is 10.5. The van der Waals surface area contributed by atoms with Crippen LogP contribution in [0.5, 0.6) is 0 Å². The van der Waals surface area contributed by atoms with Gasteiger partial charge in [-0.2, -0.15) is 5.10 Å². The van der Waals surface area contributed by atoms with E-state index in [2.05, 4.69) is 15.5 Å². The smallest absolute Gasteiger partial charge is 0.257 e. The number of carbonyl (C=O) groups is 2. The van der Waals surface area contributed by atoms with Crippen LogP contribution in [0.1, 0.15) is 31.8 Å². The molecule has 0 fully saturated rings. The first-order valence-electron chi connectivity index (χ1n) is 10.5. The maximum absolute atomic E-state index is 13.3. The zero-order chi connectivity index (χ0) is 23.2. The van der Waals surface area contributed by atoms with Crippen molar-refractivity contribution in [1.82, 2.24) is 20.4 Å². The normalized spacial score (nSPS) is 10.6. The lowest BCUT2D eigenvalue weighted by Crippen LogP contribution is -2.26. The van der Waals surface area contributed by atoms with Gasteiger partial charge in [-0.3, -0.25) is 14.7 Å². The molecule has 0 radical (unpaired) electrons. The Balaban J connectivity index is 1.42. The molecule has 4 rings (SSSR count). The number of benzene rings is 3. The molecule has 7 heteroatoms. The van der Waals surface area contributed by atoms with Gasteiger partial charge in [-0.05, 0) is 29.3 Å². The third-order valence-electron chi connectivity index (χ3n) is 5.26. The molecular weight excluding hydrogens is 419 g/mol. The van der Waals surface area contributed by atoms with Crippen molar-refractivity contribution < 1.29 is 14.0 Å². The summed E-state index contributed by atoms with van der Waals surface area (Å²) in [5.41, 5.74) is 4.12. The lowest BCUT2D eigenvalue weighted by Gasteiger charge is -2.17. The van der Waals surface area contributed by atoms with Gasteiger partial charge in [0.2, 0.25) is 0 Å². The summed E-state index contributed by atoms with van der Waals surface area (Å²) < 4.78 is 13.3. The van der Waals surface area contributed by atoms with E-state index in [1.807, 2.05) is 54.6 Å². The number of hydrogen-bond acceptors (Lipinski definition) is 3. The maximum Gasteiger partial charge on any atom is 0.257 e. The lowest BCUT2D eigenvalue weighted by atomic mass is 10.0. The Hall–Kier alpha value is -4.26. The Labute approximate surface area is 191 Å². The molecule has 0 bridgehead atoms. The van der Waals surface area contributed by atoms with Gasteiger partial charge >= 0.3 is 0 Å². The fraction of sp³-hybridized carbons (Fsp3) is 0.115. The predicted molar refractivity (Wildman–Crippen MR) is 124 cm³/mol. The third-order valence-corrected chi connectivity index (χ3v) is 5.26. The van der Waals surface area contributed by atoms with Gasteiger partial charge in [0, 0.05) is 31.3 Å². The highest BCUT2D eigenvalue weighted by atomic mass is 19.1. The number of carbonyl (C=O) groups excluding carboxylic acids is 2. The van der Waals surface area contributed by atoms with E-state index in [4.69, 9.17) is 0 Å². The van der Waals surface area contributed by atoms with Crippen molar-refractivity contribution in [2.24, 2.45) is 0 Å². The van der Waals surface area contributed by atoms with Crippen molar-refractivity contribution in [2.45, 2.75) is 13.1 Å². The average molecular weight is 442 g/mol. The van der Waals surface area contributed by atoms with Gasteiger partial charge in [-0.25, -0.2) is 4.39 Å². The fourth-order valence-corrected chi connectivity index (χ4v) is 3.51. The number of H-pyrrole nitrogens is 1. The number of rotatable bonds is 7. The highest BCUT2D eigenvalue weighted by Crippen LogP contribution is 2.23. The van der Waals surface area contributed by atoms with Crippen LogP contribution in [0.4, 0.5) is 4.39 Å². The summed E-state index contributed by atoms with van der Waals surface area (Å²) in [6, 6.07) is 22.8. The molecule has 3 aromatic carbocycles. The fourth-order valence-electron chi connectivity index (χ4n) is 3.51. The monoisotopic (exact) mass is 442 g/mol. The summed E-state index contributed by atoms with van der Waals surface area (Å²) in [7, 11) is 1.76. The number of hydrogen-bond donors (Lipinski definition) is 2. The quantitative estimate of drug-likeness (QED) is 0.445. The van der Waals surface area contributed by atoms with Crippen LogP contribution in [0.2, 0.25) is 0 Å². The van der Waals surface area contributed by atoms with Crippen LogP contribution in [0.25, 0.3) is 11.3 Å². The van der Waals surface area contributed by atoms with E-state index in [0.29, 0.717) is 24.3 Å². The molecule has 0 aliphatic carbocycles. The molecule has 2 amide bonds. The van der Waals surface area contributed by atoms with Crippen LogP contribution in [0.15, 0.2) is 85.1 Å². The van der Waals surface area contributed by atoms with E-state index in [1.165, 1.54) is 24.4 Å². The van der Waals surface area contributed by atoms with E-state index in [1.54, 1.807) is 18.0 Å². The second-order valence-electron chi connectivity index (χ2n) is 7.70. The van der Waals surface area contributed by atoms with Gasteiger partial charge in [0.1, 0.15) is 5.82 Å². The van der Waals surface area contributed by atoms with Crippen molar-refractivity contribution >= 4 is 11.8 Å². The second kappa shape index (κ2) is 9.91. The Morgan fingerprint density at radius 1 is 0.970 bits per heavy atom. The Morgan fingerprint density at radius 3 is 2.45 bits per heavy atom. The van der Waals surface area contributed by atoms with Crippen molar-refractivity contribution in [1.29, 1.82) is 0 Å². The number of halogens is 1. The molecule has 0 aliphatic rings. The van der Waals surface area contributed by atoms with Crippen LogP contribution < -0.4 is 5.32 Å². The van der Waals surface area contributed by atoms with Gasteiger partial charge in [-0.15, -0.1) is 0 Å². The molecule has 2 N–H and O–H groups in total. The Morgan fingerprint density at radius 2 is 1.73 bits per heavy atom. The standard InChI is InChI=1S/C26H23FN4O2/c1-31(17-19-6-3-2-4-7-19)26(33)23-16-29-30-24(23)20-12-10-18(11-13-20)15-28-25(32)21-8-5-9-22(27)14-21/h2-14,16H,15,17H2,1H3,(H,28,32)(H,29,30). The molecule has 0 saturated heterocycles. The van der Waals surface area contributed by atoms with Crippen molar-refractivity contribution in [3.05, 3.63) is 113 Å². The molecule has 0 atom stereocenters. The molecule has 0 spiro atoms. The van der Waals surface area contributed by atoms with Crippen molar-refractivity contribution in [2.75, 3.05) is 7.05 Å². The van der Waals surface area contributed by atoms with Crippen molar-refractivity contribution in [3.8, 4) is 11.3 Å². The summed E-state index contributed by atoms with van der Waals surface area (Å²) in [5, 5.41) is 9.76. The number of nitrogens with one attached hydrogen (secondary N) is 2. The number of aromatic amines is 1. The minimum Gasteiger partial charge on any atom is -0.348 e. The summed E-state index contributed by atoms with van der Waals surface area (Å²) in [4.78, 5) is 26.9. The molecule has 0 saturated carbocycles. The average Bonchev–Trinajstić information content (AvgIpc) is 3.33. The Kier molecular flexibility index (Phi) is 6.59. The van der Waals surface area contributed by atoms with E-state index in [9.17, 15) is 14.0 Å². The topological polar surface area (TPSA) is 78.1 Å². The highest BCUT2D eigenvalue weighted by Gasteiger charge is 2.19. The zero-order valence-electron chi connectivity index (χ0n) is 18.1. The molecule has 33 heavy (non-hydrogen) atoms. The van der Waals surface area contributed by atoms with E-state index in [0.717, 1.165) is 16.7 Å². The third kappa shape index (κ3) is 5.33. The van der Waals surface area contributed by atoms with Gasteiger partial charge in [-0.1, -0.05) is 60.7 Å². The highest BCUT2D eigenvalue weighted by molar-refractivity contribution is 5.99. The molecule has 6 nitrogen and oxygen atoms in total. The molecule has 0 unspecified atom stereocenters. The van der Waals surface area contributed by atoms with Gasteiger partial charge in [0.05, 0.1) is 17.5 Å². The van der Waals surface area contributed by atoms with E-state index < -0.39 is 5.82 Å². The largest absolute Gasteiger partial charge is 0.348 e. The van der Waals surface area contributed by atoms with Crippen LogP contribution in [-0.4, -0.2) is 34.0 Å². The van der Waals surface area contributed by atoms with E-state index >= 15 is 0 Å². The summed E-state index contributed by atoms with van der Waals surface area (Å²) in [6.45, 7) is 0.790. The first-order chi connectivity index (χ1) is 16.0. The summed E-state index contributed by atoms with van der Waals surface area (Å²) in [5.74, 6) is -0.929. The zero-order valence-corrected chi connectivity index (χ0v) is 18.1. The minimum absolute atomic E-state index is 0.131. The van der Waals surface area contributed by atoms with Gasteiger partial charge < -0.3 is 10.2 Å². The van der Waals surface area contributed by atoms with Gasteiger partial charge in [0.25, 0.3) is 11.8 Å². The molecule has 4 aromatic rings. The minimum atomic E-state index is -0.452. The SMILES string of the molecule is CN(Cc1ccccc1)C(=O)c1cn[nH]c1-c1ccc(CNC(=O)c2cccc(F)c2)cc1. The van der Waals surface area contributed by atoms with Gasteiger partial charge in [0.15, 0.2) is 0 Å². The summed E-state index contributed by atoms with van der Waals surface area (Å²) >= 11 is 0. The van der Waals surface area contributed by atoms with Crippen LogP contribution >= 0.6 is 0 Å². The van der Waals surface area contributed by atoms with Crippen LogP contribution in [-0.2, 0) is 13.1 Å². The van der Waals surface area contributed by atoms with Crippen LogP contribution in [0, 0.1) is 5.82 Å². The van der Waals surface area contributed by atoms with Crippen molar-refractivity contribution in [3.63, 3.8) is 0 Å². The Bertz CT molecular complexity index is 1250. The number of amides is 2. The molecule has 166 valence electrons. The molecule has 0 aliphatic heterocycles. The molecule has 1 aromatic heterocycles. The maximum atomic E-state index is 13.3. The summed E-state index contributed by atoms with van der Waals surface area (Å²) in [6.07, 6.45) is 1.53. The second-order valence-corrected chi connectivity index (χ2v) is 7.70. The number of nitrogens with zero attached hydrogens (tertiary/aromatic N) is 2. The first kappa shape index (κ1) is 22.0.